The van der Waals surface area contributed by atoms with E-state index < -0.39 is 14.6 Å². The molecule has 0 fully saturated rings. The number of fused-ring (bicyclic) bond motifs is 1. The van der Waals surface area contributed by atoms with Gasteiger partial charge in [0.15, 0.2) is 9.84 Å². The van der Waals surface area contributed by atoms with Gasteiger partial charge in [0.1, 0.15) is 0 Å². The predicted octanol–water partition coefficient (Wildman–Crippen LogP) is 5.19. The summed E-state index contributed by atoms with van der Waals surface area (Å²) < 4.78 is 23.9. The van der Waals surface area contributed by atoms with Crippen LogP contribution in [0.1, 0.15) is 19.4 Å². The molecule has 5 nitrogen and oxygen atoms in total. The Morgan fingerprint density at radius 3 is 2.39 bits per heavy atom. The predicted molar refractivity (Wildman–Crippen MR) is 126 cm³/mol. The van der Waals surface area contributed by atoms with Crippen LogP contribution < -0.4 is 5.56 Å². The Morgan fingerprint density at radius 1 is 0.968 bits per heavy atom. The number of aromatic nitrogens is 2. The van der Waals surface area contributed by atoms with E-state index in [-0.39, 0.29) is 5.56 Å². The second-order valence-electron chi connectivity index (χ2n) is 8.02. The fraction of sp³-hybridized carbons (Fsp3) is 0.167. The zero-order valence-electron chi connectivity index (χ0n) is 17.3. The van der Waals surface area contributed by atoms with E-state index in [4.69, 9.17) is 11.6 Å². The van der Waals surface area contributed by atoms with Crippen LogP contribution in [0.2, 0.25) is 5.02 Å². The summed E-state index contributed by atoms with van der Waals surface area (Å²) in [5.41, 5.74) is 3.98. The van der Waals surface area contributed by atoms with Gasteiger partial charge in [0, 0.05) is 35.2 Å². The molecule has 2 aromatic carbocycles. The van der Waals surface area contributed by atoms with Gasteiger partial charge in [0.25, 0.3) is 5.56 Å². The van der Waals surface area contributed by atoms with Crippen molar-refractivity contribution in [3.05, 3.63) is 87.9 Å². The lowest BCUT2D eigenvalue weighted by atomic mass is 9.92. The number of aromatic amines is 1. The number of hydrogen-bond donors (Lipinski definition) is 1. The average Bonchev–Trinajstić information content (AvgIpc) is 2.74. The number of pyridine rings is 2. The molecule has 0 aliphatic carbocycles. The molecule has 0 bridgehead atoms. The van der Waals surface area contributed by atoms with E-state index in [0.717, 1.165) is 22.0 Å². The van der Waals surface area contributed by atoms with Gasteiger partial charge in [0.05, 0.1) is 15.3 Å². The number of H-pyrrole nitrogens is 1. The molecule has 4 aromatic rings. The summed E-state index contributed by atoms with van der Waals surface area (Å²) in [6.45, 7) is 3.40. The third-order valence-corrected chi connectivity index (χ3v) is 7.99. The van der Waals surface area contributed by atoms with Crippen LogP contribution in [0.4, 0.5) is 0 Å². The van der Waals surface area contributed by atoms with Crippen LogP contribution in [0, 0.1) is 0 Å². The average molecular weight is 453 g/mol. The molecular weight excluding hydrogens is 432 g/mol. The fourth-order valence-electron chi connectivity index (χ4n) is 3.50. The first-order chi connectivity index (χ1) is 14.6. The third kappa shape index (κ3) is 3.89. The number of halogens is 1. The first-order valence-corrected chi connectivity index (χ1v) is 11.9. The van der Waals surface area contributed by atoms with Gasteiger partial charge in [0.2, 0.25) is 0 Å². The number of sulfone groups is 1. The van der Waals surface area contributed by atoms with Crippen molar-refractivity contribution in [2.75, 3.05) is 6.26 Å². The molecule has 2 heterocycles. The molecule has 1 N–H and O–H groups in total. The number of benzene rings is 2. The topological polar surface area (TPSA) is 79.9 Å². The first-order valence-electron chi connectivity index (χ1n) is 9.66. The summed E-state index contributed by atoms with van der Waals surface area (Å²) in [6, 6.07) is 16.6. The van der Waals surface area contributed by atoms with Gasteiger partial charge in [-0.3, -0.25) is 9.78 Å². The van der Waals surface area contributed by atoms with Crippen molar-refractivity contribution >= 4 is 32.3 Å². The molecule has 31 heavy (non-hydrogen) atoms. The molecule has 0 saturated carbocycles. The van der Waals surface area contributed by atoms with Crippen molar-refractivity contribution in [3.8, 4) is 22.3 Å². The maximum absolute atomic E-state index is 12.5. The fourth-order valence-corrected chi connectivity index (χ4v) is 4.21. The van der Waals surface area contributed by atoms with Crippen molar-refractivity contribution < 1.29 is 8.42 Å². The third-order valence-electron chi connectivity index (χ3n) is 5.68. The molecule has 7 heteroatoms. The Bertz CT molecular complexity index is 1470. The van der Waals surface area contributed by atoms with Crippen LogP contribution in [-0.4, -0.2) is 24.6 Å². The molecule has 0 aliphatic heterocycles. The molecular formula is C24H21ClN2O3S. The Hall–Kier alpha value is -2.96. The van der Waals surface area contributed by atoms with Gasteiger partial charge < -0.3 is 4.98 Å². The second kappa shape index (κ2) is 7.62. The summed E-state index contributed by atoms with van der Waals surface area (Å²) >= 11 is 6.08. The van der Waals surface area contributed by atoms with Crippen LogP contribution in [0.25, 0.3) is 33.2 Å². The lowest BCUT2D eigenvalue weighted by Crippen LogP contribution is -2.28. The van der Waals surface area contributed by atoms with E-state index in [1.807, 2.05) is 48.5 Å². The van der Waals surface area contributed by atoms with E-state index in [2.05, 4.69) is 9.97 Å². The summed E-state index contributed by atoms with van der Waals surface area (Å²) in [7, 11) is -3.37. The van der Waals surface area contributed by atoms with Gasteiger partial charge in [-0.15, -0.1) is 0 Å². The SMILES string of the molecule is CC(C)(c1cc(-c2cccc(-c3cc(Cl)c[nH]c3=O)c2)c2ncccc2c1)S(C)(=O)=O. The maximum Gasteiger partial charge on any atom is 0.255 e. The normalized spacial score (nSPS) is 12.3. The second-order valence-corrected chi connectivity index (χ2v) is 11.0. The summed E-state index contributed by atoms with van der Waals surface area (Å²) in [6.07, 6.45) is 4.40. The molecule has 0 radical (unpaired) electrons. The Morgan fingerprint density at radius 2 is 1.68 bits per heavy atom. The largest absolute Gasteiger partial charge is 0.327 e. The Labute approximate surface area is 185 Å². The van der Waals surface area contributed by atoms with Gasteiger partial charge in [-0.25, -0.2) is 8.42 Å². The highest BCUT2D eigenvalue weighted by Gasteiger charge is 2.33. The zero-order valence-corrected chi connectivity index (χ0v) is 18.9. The van der Waals surface area contributed by atoms with Crippen LogP contribution in [0.15, 0.2) is 71.8 Å². The molecule has 0 unspecified atom stereocenters. The smallest absolute Gasteiger partial charge is 0.255 e. The standard InChI is InChI=1S/C24H21ClN2O3S/c1-24(2,31(3,29)30)18-11-17-8-5-9-26-22(17)20(12-18)15-6-4-7-16(10-15)21-13-19(25)14-27-23(21)28/h4-14H,1-3H3,(H,27,28). The van der Waals surface area contributed by atoms with E-state index in [1.165, 1.54) is 12.5 Å². The molecule has 4 rings (SSSR count). The molecule has 158 valence electrons. The Kier molecular flexibility index (Phi) is 5.23. The summed E-state index contributed by atoms with van der Waals surface area (Å²) in [4.78, 5) is 19.5. The van der Waals surface area contributed by atoms with Crippen molar-refractivity contribution in [2.24, 2.45) is 0 Å². The minimum Gasteiger partial charge on any atom is -0.327 e. The van der Waals surface area contributed by atoms with Gasteiger partial charge in [-0.2, -0.15) is 0 Å². The van der Waals surface area contributed by atoms with Crippen molar-refractivity contribution in [1.82, 2.24) is 9.97 Å². The van der Waals surface area contributed by atoms with E-state index in [1.54, 1.807) is 26.1 Å². The molecule has 0 amide bonds. The van der Waals surface area contributed by atoms with E-state index in [9.17, 15) is 13.2 Å². The highest BCUT2D eigenvalue weighted by Crippen LogP contribution is 2.37. The van der Waals surface area contributed by atoms with Crippen LogP contribution in [-0.2, 0) is 14.6 Å². The maximum atomic E-state index is 12.5. The molecule has 0 spiro atoms. The molecule has 0 saturated heterocycles. The number of rotatable bonds is 4. The lowest BCUT2D eigenvalue weighted by molar-refractivity contribution is 0.561. The van der Waals surface area contributed by atoms with Gasteiger partial charge in [-0.1, -0.05) is 35.9 Å². The lowest BCUT2D eigenvalue weighted by Gasteiger charge is -2.24. The van der Waals surface area contributed by atoms with Gasteiger partial charge >= 0.3 is 0 Å². The number of hydrogen-bond acceptors (Lipinski definition) is 4. The van der Waals surface area contributed by atoms with E-state index >= 15 is 0 Å². The van der Waals surface area contributed by atoms with Crippen LogP contribution >= 0.6 is 11.6 Å². The monoisotopic (exact) mass is 452 g/mol. The Balaban J connectivity index is 1.99. The number of nitrogens with zero attached hydrogens (tertiary/aromatic N) is 1. The van der Waals surface area contributed by atoms with Crippen molar-refractivity contribution in [1.29, 1.82) is 0 Å². The van der Waals surface area contributed by atoms with Crippen LogP contribution in [0.5, 0.6) is 0 Å². The van der Waals surface area contributed by atoms with Gasteiger partial charge in [-0.05, 0) is 60.9 Å². The first kappa shape index (κ1) is 21.3. The molecule has 2 aromatic heterocycles. The van der Waals surface area contributed by atoms with Crippen molar-refractivity contribution in [3.63, 3.8) is 0 Å². The molecule has 0 atom stereocenters. The van der Waals surface area contributed by atoms with Crippen LogP contribution in [0.3, 0.4) is 0 Å². The summed E-state index contributed by atoms with van der Waals surface area (Å²) in [5, 5.41) is 1.28. The van der Waals surface area contributed by atoms with E-state index in [0.29, 0.717) is 21.7 Å². The minimum absolute atomic E-state index is 0.239. The molecule has 0 aliphatic rings. The van der Waals surface area contributed by atoms with Crippen molar-refractivity contribution in [2.45, 2.75) is 18.6 Å². The summed E-state index contributed by atoms with van der Waals surface area (Å²) in [5.74, 6) is 0. The number of nitrogens with one attached hydrogen (secondary N) is 1. The minimum atomic E-state index is -3.37. The highest BCUT2D eigenvalue weighted by atomic mass is 35.5. The zero-order chi connectivity index (χ0) is 22.4. The quantitative estimate of drug-likeness (QED) is 0.462. The highest BCUT2D eigenvalue weighted by molar-refractivity contribution is 7.91.